The van der Waals surface area contributed by atoms with E-state index in [1.165, 1.54) is 50.0 Å². The van der Waals surface area contributed by atoms with Crippen molar-refractivity contribution in [2.24, 2.45) is 10.9 Å². The van der Waals surface area contributed by atoms with E-state index in [9.17, 15) is 0 Å². The summed E-state index contributed by atoms with van der Waals surface area (Å²) >= 11 is 0. The number of likely N-dealkylation sites (tertiary alicyclic amines) is 1. The van der Waals surface area contributed by atoms with Crippen LogP contribution in [0.2, 0.25) is 0 Å². The number of ether oxygens (including phenoxy) is 1. The zero-order valence-electron chi connectivity index (χ0n) is 19.7. The molecule has 0 aromatic heterocycles. The summed E-state index contributed by atoms with van der Waals surface area (Å²) in [6.07, 6.45) is 5.79. The van der Waals surface area contributed by atoms with E-state index in [1.54, 1.807) is 0 Å². The molecule has 1 unspecified atom stereocenters. The van der Waals surface area contributed by atoms with Crippen LogP contribution in [0.5, 0.6) is 0 Å². The summed E-state index contributed by atoms with van der Waals surface area (Å²) in [5, 5.41) is 7.10. The van der Waals surface area contributed by atoms with E-state index < -0.39 is 0 Å². The number of nitrogens with one attached hydrogen (secondary N) is 2. The van der Waals surface area contributed by atoms with E-state index in [-0.39, 0.29) is 24.0 Å². The molecule has 2 fully saturated rings. The van der Waals surface area contributed by atoms with Crippen LogP contribution >= 0.6 is 24.0 Å². The molecule has 2 saturated heterocycles. The van der Waals surface area contributed by atoms with Crippen molar-refractivity contribution in [3.05, 3.63) is 35.4 Å². The normalized spacial score (nSPS) is 20.6. The van der Waals surface area contributed by atoms with Gasteiger partial charge in [-0.1, -0.05) is 38.1 Å². The maximum absolute atomic E-state index is 5.53. The largest absolute Gasteiger partial charge is 0.381 e. The first-order valence-corrected chi connectivity index (χ1v) is 12.1. The lowest BCUT2D eigenvalue weighted by Gasteiger charge is -2.34. The Kier molecular flexibility index (Phi) is 12.2. The first kappa shape index (κ1) is 26.4. The number of piperidine rings is 1. The summed E-state index contributed by atoms with van der Waals surface area (Å²) in [4.78, 5) is 7.45. The highest BCUT2D eigenvalue weighted by Crippen LogP contribution is 2.18. The van der Waals surface area contributed by atoms with Crippen molar-refractivity contribution in [1.29, 1.82) is 0 Å². The summed E-state index contributed by atoms with van der Waals surface area (Å²) in [7, 11) is 0. The molecule has 0 spiro atoms. The Hall–Kier alpha value is -0.860. The molecule has 176 valence electrons. The van der Waals surface area contributed by atoms with Gasteiger partial charge in [0.05, 0.1) is 6.61 Å². The zero-order valence-corrected chi connectivity index (χ0v) is 22.1. The number of guanidine groups is 1. The molecule has 1 aromatic carbocycles. The van der Waals surface area contributed by atoms with Crippen LogP contribution in [-0.2, 0) is 11.2 Å². The fourth-order valence-corrected chi connectivity index (χ4v) is 4.41. The van der Waals surface area contributed by atoms with Crippen molar-refractivity contribution in [3.63, 3.8) is 0 Å². The fraction of sp³-hybridized carbons (Fsp3) is 0.720. The molecular weight excluding hydrogens is 499 g/mol. The summed E-state index contributed by atoms with van der Waals surface area (Å²) in [6.45, 7) is 13.9. The molecule has 6 heteroatoms. The second-order valence-corrected chi connectivity index (χ2v) is 9.21. The van der Waals surface area contributed by atoms with Gasteiger partial charge >= 0.3 is 0 Å². The molecule has 0 amide bonds. The minimum Gasteiger partial charge on any atom is -0.381 e. The molecule has 2 heterocycles. The highest BCUT2D eigenvalue weighted by atomic mass is 127. The van der Waals surface area contributed by atoms with Crippen molar-refractivity contribution in [1.82, 2.24) is 15.5 Å². The van der Waals surface area contributed by atoms with Crippen LogP contribution < -0.4 is 10.6 Å². The Bertz CT molecular complexity index is 635. The average Bonchev–Trinajstić information content (AvgIpc) is 3.26. The Morgan fingerprint density at radius 2 is 1.90 bits per heavy atom. The van der Waals surface area contributed by atoms with Gasteiger partial charge in [-0.2, -0.15) is 0 Å². The Morgan fingerprint density at radius 1 is 1.16 bits per heavy atom. The number of aliphatic imine (C=N–C) groups is 1. The lowest BCUT2D eigenvalue weighted by Crippen LogP contribution is -2.49. The monoisotopic (exact) mass is 542 g/mol. The molecule has 2 N–H and O–H groups in total. The SMILES string of the molecule is CCNC(=NCCCc1ccc(C(C)C)cc1)NC1CCN(CC2CCOC2)CC1.I. The lowest BCUT2D eigenvalue weighted by atomic mass is 10.0. The second kappa shape index (κ2) is 14.3. The Labute approximate surface area is 206 Å². The third-order valence-electron chi connectivity index (χ3n) is 6.35. The molecule has 2 aliphatic heterocycles. The standard InChI is InChI=1S/C25H42N4O.HI/c1-4-26-25(27-14-5-6-21-7-9-23(10-8-21)20(2)3)28-24-11-15-29(16-12-24)18-22-13-17-30-19-22;/h7-10,20,22,24H,4-6,11-19H2,1-3H3,(H2,26,27,28);1H. The molecule has 1 aromatic rings. The smallest absolute Gasteiger partial charge is 0.191 e. The number of halogens is 1. The maximum Gasteiger partial charge on any atom is 0.191 e. The van der Waals surface area contributed by atoms with E-state index in [0.717, 1.165) is 51.0 Å². The first-order chi connectivity index (χ1) is 14.6. The van der Waals surface area contributed by atoms with Crippen LogP contribution in [0.25, 0.3) is 0 Å². The highest BCUT2D eigenvalue weighted by molar-refractivity contribution is 14.0. The average molecular weight is 543 g/mol. The number of rotatable bonds is 9. The molecule has 1 atom stereocenters. The second-order valence-electron chi connectivity index (χ2n) is 9.21. The van der Waals surface area contributed by atoms with Gasteiger partial charge in [-0.15, -0.1) is 24.0 Å². The van der Waals surface area contributed by atoms with E-state index in [2.05, 4.69) is 60.6 Å². The first-order valence-electron chi connectivity index (χ1n) is 12.1. The molecular formula is C25H43IN4O. The van der Waals surface area contributed by atoms with Gasteiger partial charge in [0.15, 0.2) is 5.96 Å². The molecule has 2 aliphatic rings. The quantitative estimate of drug-likeness (QED) is 0.210. The summed E-state index contributed by atoms with van der Waals surface area (Å²) in [5.74, 6) is 2.33. The lowest BCUT2D eigenvalue weighted by molar-refractivity contribution is 0.150. The predicted molar refractivity (Wildman–Crippen MR) is 142 cm³/mol. The van der Waals surface area contributed by atoms with Crippen molar-refractivity contribution in [2.75, 3.05) is 45.9 Å². The third-order valence-corrected chi connectivity index (χ3v) is 6.35. The number of aryl methyl sites for hydroxylation is 1. The summed E-state index contributed by atoms with van der Waals surface area (Å²) in [5.41, 5.74) is 2.82. The van der Waals surface area contributed by atoms with Gasteiger partial charge in [-0.25, -0.2) is 0 Å². The van der Waals surface area contributed by atoms with Crippen LogP contribution in [0.4, 0.5) is 0 Å². The van der Waals surface area contributed by atoms with Gasteiger partial charge < -0.3 is 20.3 Å². The predicted octanol–water partition coefficient (Wildman–Crippen LogP) is 4.42. The van der Waals surface area contributed by atoms with Crippen LogP contribution in [0.1, 0.15) is 63.5 Å². The Balaban J connectivity index is 0.00000341. The van der Waals surface area contributed by atoms with Gasteiger partial charge in [-0.3, -0.25) is 4.99 Å². The van der Waals surface area contributed by atoms with Crippen molar-refractivity contribution >= 4 is 29.9 Å². The molecule has 0 radical (unpaired) electrons. The topological polar surface area (TPSA) is 48.9 Å². The van der Waals surface area contributed by atoms with Crippen molar-refractivity contribution < 1.29 is 4.74 Å². The number of hydrogen-bond donors (Lipinski definition) is 2. The Morgan fingerprint density at radius 3 is 2.52 bits per heavy atom. The molecule has 31 heavy (non-hydrogen) atoms. The number of nitrogens with zero attached hydrogens (tertiary/aromatic N) is 2. The molecule has 3 rings (SSSR count). The highest BCUT2D eigenvalue weighted by Gasteiger charge is 2.24. The van der Waals surface area contributed by atoms with Crippen LogP contribution in [0.15, 0.2) is 29.3 Å². The van der Waals surface area contributed by atoms with Crippen molar-refractivity contribution in [3.8, 4) is 0 Å². The minimum absolute atomic E-state index is 0. The van der Waals surface area contributed by atoms with E-state index in [4.69, 9.17) is 9.73 Å². The molecule has 0 bridgehead atoms. The van der Waals surface area contributed by atoms with E-state index >= 15 is 0 Å². The minimum atomic E-state index is 0. The zero-order chi connectivity index (χ0) is 21.2. The van der Waals surface area contributed by atoms with Crippen molar-refractivity contribution in [2.45, 2.75) is 64.8 Å². The summed E-state index contributed by atoms with van der Waals surface area (Å²) in [6, 6.07) is 9.60. The van der Waals surface area contributed by atoms with E-state index in [0.29, 0.717) is 12.0 Å². The van der Waals surface area contributed by atoms with Crippen LogP contribution in [0, 0.1) is 5.92 Å². The fourth-order valence-electron chi connectivity index (χ4n) is 4.41. The van der Waals surface area contributed by atoms with Gasteiger partial charge in [0.2, 0.25) is 0 Å². The van der Waals surface area contributed by atoms with Crippen LogP contribution in [-0.4, -0.2) is 62.8 Å². The van der Waals surface area contributed by atoms with Gasteiger partial charge in [0, 0.05) is 45.4 Å². The number of hydrogen-bond acceptors (Lipinski definition) is 3. The summed E-state index contributed by atoms with van der Waals surface area (Å²) < 4.78 is 5.53. The third kappa shape index (κ3) is 9.26. The number of benzene rings is 1. The molecule has 0 aliphatic carbocycles. The molecule has 5 nitrogen and oxygen atoms in total. The molecule has 0 saturated carbocycles. The van der Waals surface area contributed by atoms with E-state index in [1.807, 2.05) is 0 Å². The van der Waals surface area contributed by atoms with Crippen LogP contribution in [0.3, 0.4) is 0 Å². The maximum atomic E-state index is 5.53. The van der Waals surface area contributed by atoms with Gasteiger partial charge in [0.1, 0.15) is 0 Å². The van der Waals surface area contributed by atoms with Gasteiger partial charge in [0.25, 0.3) is 0 Å². The van der Waals surface area contributed by atoms with Gasteiger partial charge in [-0.05, 0) is 62.0 Å².